The van der Waals surface area contributed by atoms with Gasteiger partial charge in [0, 0.05) is 43.6 Å². The van der Waals surface area contributed by atoms with Crippen LogP contribution in [0.4, 0.5) is 8.78 Å². The fourth-order valence-electron chi connectivity index (χ4n) is 5.19. The Morgan fingerprint density at radius 1 is 1.14 bits per heavy atom. The van der Waals surface area contributed by atoms with Crippen LogP contribution in [0.1, 0.15) is 79.6 Å². The van der Waals surface area contributed by atoms with Gasteiger partial charge in [0.25, 0.3) is 5.92 Å². The van der Waals surface area contributed by atoms with Crippen LogP contribution in [0.15, 0.2) is 36.4 Å². The summed E-state index contributed by atoms with van der Waals surface area (Å²) < 4.78 is 33.0. The number of benzene rings is 1. The maximum absolute atomic E-state index is 13.5. The van der Waals surface area contributed by atoms with Crippen LogP contribution in [-0.2, 0) is 34.7 Å². The number of halogens is 2. The van der Waals surface area contributed by atoms with E-state index in [-0.39, 0.29) is 11.7 Å². The van der Waals surface area contributed by atoms with E-state index in [1.54, 1.807) is 0 Å². The Balaban J connectivity index is 1.18. The molecule has 0 saturated carbocycles. The Morgan fingerprint density at radius 3 is 2.66 bits per heavy atom. The highest BCUT2D eigenvalue weighted by atomic mass is 19.3. The summed E-state index contributed by atoms with van der Waals surface area (Å²) in [6, 6.07) is 9.20. The number of carbonyl (C=O) groups is 1. The number of aryl methyl sites for hydroxylation is 3. The monoisotopic (exact) mass is 486 g/mol. The number of ether oxygens (including phenoxy) is 1. The van der Waals surface area contributed by atoms with E-state index in [1.165, 1.54) is 54.1 Å². The fraction of sp³-hybridized carbons (Fsp3) is 0.571. The van der Waals surface area contributed by atoms with E-state index < -0.39 is 17.9 Å². The topological polar surface area (TPSA) is 62.7 Å². The number of alkyl halides is 2. The number of rotatable bonds is 11. The lowest BCUT2D eigenvalue weighted by Gasteiger charge is -2.25. The molecule has 1 fully saturated rings. The molecule has 0 bridgehead atoms. The predicted molar refractivity (Wildman–Crippen MR) is 131 cm³/mol. The van der Waals surface area contributed by atoms with Crippen LogP contribution < -0.4 is 0 Å². The Kier molecular flexibility index (Phi) is 8.50. The molecular formula is C28H36F2N2O3. The van der Waals surface area contributed by atoms with Gasteiger partial charge in [-0.2, -0.15) is 0 Å². The highest BCUT2D eigenvalue weighted by molar-refractivity contribution is 5.75. The minimum absolute atomic E-state index is 0.00147. The van der Waals surface area contributed by atoms with E-state index in [2.05, 4.69) is 12.1 Å². The first-order valence-electron chi connectivity index (χ1n) is 12.9. The van der Waals surface area contributed by atoms with Crippen molar-refractivity contribution in [2.24, 2.45) is 0 Å². The van der Waals surface area contributed by atoms with Gasteiger partial charge in [-0.3, -0.25) is 14.7 Å². The molecule has 0 amide bonds. The van der Waals surface area contributed by atoms with E-state index in [1.807, 2.05) is 4.90 Å². The molecule has 1 aliphatic heterocycles. The summed E-state index contributed by atoms with van der Waals surface area (Å²) in [4.78, 5) is 18.7. The number of carboxylic acids is 1. The highest BCUT2D eigenvalue weighted by Gasteiger charge is 2.34. The van der Waals surface area contributed by atoms with Crippen LogP contribution in [0, 0.1) is 0 Å². The summed E-state index contributed by atoms with van der Waals surface area (Å²) >= 11 is 0. The maximum Gasteiger partial charge on any atom is 0.325 e. The lowest BCUT2D eigenvalue weighted by molar-refractivity contribution is -0.143. The summed E-state index contributed by atoms with van der Waals surface area (Å²) in [6.07, 6.45) is 9.68. The van der Waals surface area contributed by atoms with Crippen molar-refractivity contribution >= 4 is 5.97 Å². The molecule has 35 heavy (non-hydrogen) atoms. The number of aliphatic carboxylic acids is 1. The van der Waals surface area contributed by atoms with E-state index in [4.69, 9.17) is 9.72 Å². The van der Waals surface area contributed by atoms with Gasteiger partial charge in [0.2, 0.25) is 0 Å². The van der Waals surface area contributed by atoms with Crippen molar-refractivity contribution in [2.45, 2.75) is 82.8 Å². The fourth-order valence-corrected chi connectivity index (χ4v) is 5.19. The number of fused-ring (bicyclic) bond motifs is 1. The summed E-state index contributed by atoms with van der Waals surface area (Å²) in [7, 11) is 0. The summed E-state index contributed by atoms with van der Waals surface area (Å²) in [6.45, 7) is 2.64. The van der Waals surface area contributed by atoms with Crippen molar-refractivity contribution < 1.29 is 23.4 Å². The van der Waals surface area contributed by atoms with E-state index in [9.17, 15) is 18.7 Å². The number of nitrogens with zero attached hydrogens (tertiary/aromatic N) is 2. The smallest absolute Gasteiger partial charge is 0.325 e. The van der Waals surface area contributed by atoms with Crippen LogP contribution in [0.3, 0.4) is 0 Å². The number of unbranched alkanes of at least 4 members (excludes halogenated alkanes) is 2. The van der Waals surface area contributed by atoms with Gasteiger partial charge in [-0.05, 0) is 68.6 Å². The van der Waals surface area contributed by atoms with E-state index in [0.717, 1.165) is 51.9 Å². The Morgan fingerprint density at radius 2 is 1.91 bits per heavy atom. The lowest BCUT2D eigenvalue weighted by atomic mass is 9.95. The minimum Gasteiger partial charge on any atom is -0.480 e. The van der Waals surface area contributed by atoms with Crippen molar-refractivity contribution in [2.75, 3.05) is 19.7 Å². The largest absolute Gasteiger partial charge is 0.480 e. The van der Waals surface area contributed by atoms with Crippen LogP contribution in [-0.4, -0.2) is 46.8 Å². The third-order valence-corrected chi connectivity index (χ3v) is 7.18. The summed E-state index contributed by atoms with van der Waals surface area (Å²) in [5, 5.41) is 9.80. The quantitative estimate of drug-likeness (QED) is 0.413. The molecule has 0 spiro atoms. The van der Waals surface area contributed by atoms with Gasteiger partial charge < -0.3 is 9.84 Å². The Labute approximate surface area is 206 Å². The molecular weight excluding hydrogens is 450 g/mol. The first-order valence-corrected chi connectivity index (χ1v) is 12.9. The zero-order valence-electron chi connectivity index (χ0n) is 20.5. The van der Waals surface area contributed by atoms with Crippen molar-refractivity contribution in [3.63, 3.8) is 0 Å². The number of likely N-dealkylation sites (tertiary alicyclic amines) is 1. The van der Waals surface area contributed by atoms with Crippen LogP contribution in [0.5, 0.6) is 0 Å². The van der Waals surface area contributed by atoms with Gasteiger partial charge in [0.15, 0.2) is 0 Å². The summed E-state index contributed by atoms with van der Waals surface area (Å²) in [5.41, 5.74) is 4.30. The molecule has 2 heterocycles. The van der Waals surface area contributed by atoms with Gasteiger partial charge in [-0.1, -0.05) is 36.8 Å². The van der Waals surface area contributed by atoms with Crippen molar-refractivity contribution in [1.82, 2.24) is 9.88 Å². The van der Waals surface area contributed by atoms with Crippen LogP contribution >= 0.6 is 0 Å². The van der Waals surface area contributed by atoms with Crippen molar-refractivity contribution in [3.05, 3.63) is 64.5 Å². The molecule has 0 radical (unpaired) electrons. The molecule has 0 unspecified atom stereocenters. The molecule has 7 heteroatoms. The molecule has 2 aliphatic rings. The normalized spacial score (nSPS) is 19.5. The third kappa shape index (κ3) is 6.85. The first-order chi connectivity index (χ1) is 16.8. The number of hydrogen-bond donors (Lipinski definition) is 1. The third-order valence-electron chi connectivity index (χ3n) is 7.18. The molecule has 2 atom stereocenters. The number of carboxylic acid groups (broad SMARTS) is 1. The molecule has 2 aromatic rings. The summed E-state index contributed by atoms with van der Waals surface area (Å²) in [5.74, 6) is -3.92. The van der Waals surface area contributed by atoms with Crippen molar-refractivity contribution in [3.8, 4) is 0 Å². The Hall–Kier alpha value is -2.38. The van der Waals surface area contributed by atoms with Crippen LogP contribution in [0.2, 0.25) is 0 Å². The molecule has 5 nitrogen and oxygen atoms in total. The van der Waals surface area contributed by atoms with E-state index in [0.29, 0.717) is 25.3 Å². The van der Waals surface area contributed by atoms with Gasteiger partial charge in [-0.15, -0.1) is 0 Å². The average molecular weight is 487 g/mol. The first kappa shape index (κ1) is 25.7. The van der Waals surface area contributed by atoms with Gasteiger partial charge >= 0.3 is 5.97 Å². The lowest BCUT2D eigenvalue weighted by Crippen LogP contribution is -2.33. The van der Waals surface area contributed by atoms with Crippen LogP contribution in [0.25, 0.3) is 0 Å². The second-order valence-electron chi connectivity index (χ2n) is 9.95. The molecule has 1 N–H and O–H groups in total. The minimum atomic E-state index is -2.94. The zero-order valence-corrected chi connectivity index (χ0v) is 20.5. The second kappa shape index (κ2) is 11.6. The standard InChI is InChI=1S/C28H36F2N2O3/c1-28(29,30)22-13-10-21(11-14-22)26(27(33)34)32-17-16-24(19-32)35-18-6-2-3-8-23-15-12-20-7-4-5-9-25(20)31-23/h10-15,24,26H,2-9,16-19H2,1H3,(H,33,34)/t24-,26-/m1/s1. The molecule has 1 aromatic carbocycles. The van der Waals surface area contributed by atoms with Gasteiger partial charge in [-0.25, -0.2) is 8.78 Å². The number of hydrogen-bond acceptors (Lipinski definition) is 4. The Bertz CT molecular complexity index is 991. The predicted octanol–water partition coefficient (Wildman–Crippen LogP) is 5.70. The van der Waals surface area contributed by atoms with Crippen molar-refractivity contribution in [1.29, 1.82) is 0 Å². The molecule has 1 aromatic heterocycles. The SMILES string of the molecule is CC(F)(F)c1ccc([C@H](C(=O)O)N2CC[C@@H](OCCCCCc3ccc4c(n3)CCCC4)C2)cc1. The molecule has 190 valence electrons. The van der Waals surface area contributed by atoms with Gasteiger partial charge in [0.05, 0.1) is 6.10 Å². The van der Waals surface area contributed by atoms with Gasteiger partial charge in [0.1, 0.15) is 6.04 Å². The molecule has 1 aliphatic carbocycles. The molecule has 1 saturated heterocycles. The average Bonchev–Trinajstić information content (AvgIpc) is 3.29. The number of pyridine rings is 1. The molecule has 4 rings (SSSR count). The zero-order chi connectivity index (χ0) is 24.8. The highest BCUT2D eigenvalue weighted by Crippen LogP contribution is 2.31. The second-order valence-corrected chi connectivity index (χ2v) is 9.95. The van der Waals surface area contributed by atoms with E-state index >= 15 is 0 Å². The maximum atomic E-state index is 13.5. The number of aromatic nitrogens is 1.